The molecule has 2 N–H and O–H groups in total. The van der Waals surface area contributed by atoms with Gasteiger partial charge in [0, 0.05) is 29.3 Å². The molecule has 1 saturated carbocycles. The molecule has 0 spiro atoms. The van der Waals surface area contributed by atoms with Crippen LogP contribution in [0.3, 0.4) is 0 Å². The first-order valence-corrected chi connectivity index (χ1v) is 11.9. The lowest BCUT2D eigenvalue weighted by Gasteiger charge is -2.30. The monoisotopic (exact) mass is 446 g/mol. The molecule has 0 amide bonds. The van der Waals surface area contributed by atoms with E-state index in [9.17, 15) is 5.11 Å². The molecule has 166 valence electrons. The highest BCUT2D eigenvalue weighted by Gasteiger charge is 2.42. The summed E-state index contributed by atoms with van der Waals surface area (Å²) in [5.41, 5.74) is 5.85. The van der Waals surface area contributed by atoms with Gasteiger partial charge in [-0.1, -0.05) is 25.3 Å². The highest BCUT2D eigenvalue weighted by molar-refractivity contribution is 7.80. The Hall–Kier alpha value is -2.86. The van der Waals surface area contributed by atoms with Gasteiger partial charge in [0.05, 0.1) is 17.8 Å². The summed E-state index contributed by atoms with van der Waals surface area (Å²) in [6.45, 7) is 4.48. The van der Waals surface area contributed by atoms with Crippen LogP contribution in [-0.4, -0.2) is 19.8 Å². The Balaban J connectivity index is 1.62. The molecule has 6 heteroatoms. The number of aromatic nitrogens is 2. The van der Waals surface area contributed by atoms with Crippen LogP contribution in [0.2, 0.25) is 0 Å². The fourth-order valence-corrected chi connectivity index (χ4v) is 5.91. The molecule has 2 atom stereocenters. The molecule has 5 nitrogen and oxygen atoms in total. The second-order valence-corrected chi connectivity index (χ2v) is 9.39. The van der Waals surface area contributed by atoms with Crippen LogP contribution in [0.4, 0.5) is 5.69 Å². The zero-order valence-electron chi connectivity index (χ0n) is 18.7. The number of rotatable bonds is 4. The third kappa shape index (κ3) is 3.66. The average molecular weight is 447 g/mol. The molecule has 1 aliphatic carbocycles. The predicted octanol–water partition coefficient (Wildman–Crippen LogP) is 5.89. The number of phenolic OH excluding ortho intramolecular Hbond substituents is 1. The van der Waals surface area contributed by atoms with Gasteiger partial charge >= 0.3 is 0 Å². The highest BCUT2D eigenvalue weighted by atomic mass is 32.1. The molecule has 5 rings (SSSR count). The molecule has 2 aliphatic rings. The third-order valence-corrected chi connectivity index (χ3v) is 7.32. The van der Waals surface area contributed by atoms with Crippen molar-refractivity contribution in [2.24, 2.45) is 0 Å². The van der Waals surface area contributed by atoms with Gasteiger partial charge in [0.15, 0.2) is 5.11 Å². The topological polar surface area (TPSA) is 53.3 Å². The van der Waals surface area contributed by atoms with Crippen LogP contribution in [0, 0.1) is 13.8 Å². The minimum absolute atomic E-state index is 0.0227. The predicted molar refractivity (Wildman–Crippen MR) is 132 cm³/mol. The van der Waals surface area contributed by atoms with E-state index in [0.29, 0.717) is 11.2 Å². The zero-order chi connectivity index (χ0) is 22.2. The van der Waals surface area contributed by atoms with Crippen LogP contribution in [0.5, 0.6) is 5.75 Å². The smallest absolute Gasteiger partial charge is 0.174 e. The molecular formula is C26H30N4OS. The quantitative estimate of drug-likeness (QED) is 0.490. The first-order chi connectivity index (χ1) is 15.5. The van der Waals surface area contributed by atoms with Gasteiger partial charge < -0.3 is 19.9 Å². The van der Waals surface area contributed by atoms with Crippen LogP contribution in [0.1, 0.15) is 72.9 Å². The van der Waals surface area contributed by atoms with E-state index in [4.69, 9.17) is 12.2 Å². The van der Waals surface area contributed by atoms with Crippen molar-refractivity contribution in [3.05, 3.63) is 77.4 Å². The van der Waals surface area contributed by atoms with E-state index >= 15 is 0 Å². The Kier molecular flexibility index (Phi) is 5.64. The Morgan fingerprint density at radius 1 is 1.03 bits per heavy atom. The lowest BCUT2D eigenvalue weighted by Crippen LogP contribution is -2.29. The Morgan fingerprint density at radius 3 is 2.47 bits per heavy atom. The number of hydrogen-bond acceptors (Lipinski definition) is 3. The van der Waals surface area contributed by atoms with Crippen molar-refractivity contribution in [1.29, 1.82) is 0 Å². The fraction of sp³-hybridized carbons (Fsp3) is 0.385. The average Bonchev–Trinajstić information content (AvgIpc) is 3.31. The van der Waals surface area contributed by atoms with E-state index in [1.165, 1.54) is 49.1 Å². The summed E-state index contributed by atoms with van der Waals surface area (Å²) in [5.74, 6) is 0.250. The lowest BCUT2D eigenvalue weighted by atomic mass is 9.94. The maximum atomic E-state index is 9.83. The molecule has 0 radical (unpaired) electrons. The minimum Gasteiger partial charge on any atom is -0.508 e. The second kappa shape index (κ2) is 8.58. The fourth-order valence-electron chi connectivity index (χ4n) is 5.57. The van der Waals surface area contributed by atoms with E-state index in [1.807, 2.05) is 30.5 Å². The Morgan fingerprint density at radius 2 is 1.78 bits per heavy atom. The van der Waals surface area contributed by atoms with E-state index in [-0.39, 0.29) is 17.8 Å². The zero-order valence-corrected chi connectivity index (χ0v) is 19.5. The van der Waals surface area contributed by atoms with Gasteiger partial charge in [0.2, 0.25) is 0 Å². The van der Waals surface area contributed by atoms with Crippen molar-refractivity contribution in [1.82, 2.24) is 14.9 Å². The van der Waals surface area contributed by atoms with Crippen molar-refractivity contribution >= 4 is 23.0 Å². The molecular weight excluding hydrogens is 416 g/mol. The number of thiocarbonyl (C=S) groups is 1. The molecule has 3 heterocycles. The maximum Gasteiger partial charge on any atom is 0.174 e. The largest absolute Gasteiger partial charge is 0.508 e. The first-order valence-electron chi connectivity index (χ1n) is 11.5. The molecule has 2 fully saturated rings. The molecule has 0 bridgehead atoms. The number of pyridine rings is 1. The number of aromatic hydroxyl groups is 1. The van der Waals surface area contributed by atoms with Gasteiger partial charge in [0.1, 0.15) is 5.75 Å². The summed E-state index contributed by atoms with van der Waals surface area (Å²) >= 11 is 5.84. The van der Waals surface area contributed by atoms with Crippen molar-refractivity contribution in [3.8, 4) is 5.75 Å². The molecule has 1 aliphatic heterocycles. The highest BCUT2D eigenvalue weighted by Crippen LogP contribution is 2.44. The van der Waals surface area contributed by atoms with Crippen molar-refractivity contribution < 1.29 is 5.11 Å². The van der Waals surface area contributed by atoms with Crippen molar-refractivity contribution in [2.45, 2.75) is 64.1 Å². The number of nitrogens with zero attached hydrogens (tertiary/aromatic N) is 3. The van der Waals surface area contributed by atoms with Crippen LogP contribution in [0.25, 0.3) is 0 Å². The Labute approximate surface area is 195 Å². The number of phenols is 1. The molecule has 1 aromatic carbocycles. The van der Waals surface area contributed by atoms with E-state index in [0.717, 1.165) is 11.4 Å². The van der Waals surface area contributed by atoms with E-state index in [1.54, 1.807) is 12.1 Å². The molecule has 1 saturated heterocycles. The minimum atomic E-state index is -0.0576. The van der Waals surface area contributed by atoms with Crippen LogP contribution < -0.4 is 10.2 Å². The third-order valence-electron chi connectivity index (χ3n) is 7.01. The summed E-state index contributed by atoms with van der Waals surface area (Å²) in [5, 5.41) is 14.0. The summed E-state index contributed by atoms with van der Waals surface area (Å²) in [4.78, 5) is 6.85. The van der Waals surface area contributed by atoms with E-state index in [2.05, 4.69) is 45.7 Å². The standard InChI is InChI=1S/C26H30N4OS/c1-17-16-22(18(2)29(17)19-8-4-3-5-9-19)25-24(23-10-6-7-15-27-23)28-26(32)30(25)20-11-13-21(31)14-12-20/h6-7,10-16,19,24-25,31H,3-5,8-9H2,1-2H3,(H,28,32). The molecule has 32 heavy (non-hydrogen) atoms. The second-order valence-electron chi connectivity index (χ2n) is 9.00. The number of benzene rings is 1. The number of hydrogen-bond donors (Lipinski definition) is 2. The van der Waals surface area contributed by atoms with Crippen LogP contribution in [0.15, 0.2) is 54.7 Å². The number of nitrogens with one attached hydrogen (secondary N) is 1. The normalized spacial score (nSPS) is 21.7. The van der Waals surface area contributed by atoms with Crippen LogP contribution >= 0.6 is 12.2 Å². The van der Waals surface area contributed by atoms with E-state index < -0.39 is 0 Å². The van der Waals surface area contributed by atoms with Gasteiger partial charge in [-0.3, -0.25) is 4.98 Å². The summed E-state index contributed by atoms with van der Waals surface area (Å²) in [6.07, 6.45) is 8.31. The summed E-state index contributed by atoms with van der Waals surface area (Å²) in [6, 6.07) is 16.2. The van der Waals surface area contributed by atoms with Crippen molar-refractivity contribution in [3.63, 3.8) is 0 Å². The number of anilines is 1. The van der Waals surface area contributed by atoms with Crippen molar-refractivity contribution in [2.75, 3.05) is 4.90 Å². The summed E-state index contributed by atoms with van der Waals surface area (Å²) in [7, 11) is 0. The van der Waals surface area contributed by atoms with Gasteiger partial charge in [0.25, 0.3) is 0 Å². The molecule has 2 aromatic heterocycles. The van der Waals surface area contributed by atoms with Gasteiger partial charge in [-0.25, -0.2) is 0 Å². The summed E-state index contributed by atoms with van der Waals surface area (Å²) < 4.78 is 2.56. The van der Waals surface area contributed by atoms with Gasteiger partial charge in [-0.05, 0) is 86.9 Å². The molecule has 2 unspecified atom stereocenters. The Bertz CT molecular complexity index is 1100. The lowest BCUT2D eigenvalue weighted by molar-refractivity contribution is 0.345. The van der Waals surface area contributed by atoms with Gasteiger partial charge in [-0.15, -0.1) is 0 Å². The molecule has 3 aromatic rings. The van der Waals surface area contributed by atoms with Gasteiger partial charge in [-0.2, -0.15) is 0 Å². The first kappa shape index (κ1) is 21.0. The number of aryl methyl sites for hydroxylation is 1. The van der Waals surface area contributed by atoms with Crippen LogP contribution in [-0.2, 0) is 0 Å². The maximum absolute atomic E-state index is 9.83. The SMILES string of the molecule is Cc1cc(C2C(c3ccccn3)NC(=S)N2c2ccc(O)cc2)c(C)n1C1CCCCC1.